The average molecular weight is 395 g/mol. The first-order valence-corrected chi connectivity index (χ1v) is 10.7. The van der Waals surface area contributed by atoms with Gasteiger partial charge in [0, 0.05) is 12.0 Å². The fourth-order valence-electron chi connectivity index (χ4n) is 4.52. The molecule has 0 aliphatic heterocycles. The second-order valence-corrected chi connectivity index (χ2v) is 8.41. The smallest absolute Gasteiger partial charge is 0.0541 e. The van der Waals surface area contributed by atoms with E-state index in [9.17, 15) is 0 Å². The predicted molar refractivity (Wildman–Crippen MR) is 126 cm³/mol. The number of rotatable bonds is 6. The minimum atomic E-state index is -0.596. The quantitative estimate of drug-likeness (QED) is 0.577. The molecule has 0 bridgehead atoms. The van der Waals surface area contributed by atoms with Crippen LogP contribution >= 0.6 is 0 Å². The number of hydrogen-bond acceptors (Lipinski definition) is 2. The summed E-state index contributed by atoms with van der Waals surface area (Å²) in [6.07, 6.45) is 7.25. The molecule has 3 unspecified atom stereocenters. The molecule has 2 heteroatoms. The maximum Gasteiger partial charge on any atom is 0.0541 e. The van der Waals surface area contributed by atoms with Gasteiger partial charge in [0.2, 0.25) is 0 Å². The zero-order valence-corrected chi connectivity index (χ0v) is 17.5. The molecule has 0 radical (unpaired) electrons. The molecule has 3 aromatic rings. The summed E-state index contributed by atoms with van der Waals surface area (Å²) < 4.78 is 0. The maximum atomic E-state index is 6.97. The standard InChI is InChI=1S/C28H30N2/c1-21(22-11-5-2-6-12-22)19-28(30)20-25(17-18-26(28)29)27(23-13-7-3-8-14-23)24-15-9-4-10-16-24/h2-18,20-21,26-27H,19,29-30H2,1H3. The summed E-state index contributed by atoms with van der Waals surface area (Å²) in [4.78, 5) is 0. The van der Waals surface area contributed by atoms with E-state index in [0.717, 1.165) is 6.42 Å². The Morgan fingerprint density at radius 1 is 0.767 bits per heavy atom. The Morgan fingerprint density at radius 3 is 1.73 bits per heavy atom. The zero-order valence-electron chi connectivity index (χ0n) is 17.5. The van der Waals surface area contributed by atoms with E-state index < -0.39 is 5.54 Å². The molecule has 0 spiro atoms. The molecule has 0 saturated carbocycles. The highest BCUT2D eigenvalue weighted by atomic mass is 14.8. The maximum absolute atomic E-state index is 6.97. The van der Waals surface area contributed by atoms with Crippen LogP contribution in [0.5, 0.6) is 0 Å². The number of nitrogens with two attached hydrogens (primary N) is 2. The third kappa shape index (κ3) is 4.30. The van der Waals surface area contributed by atoms with E-state index in [2.05, 4.69) is 110 Å². The number of hydrogen-bond donors (Lipinski definition) is 2. The minimum Gasteiger partial charge on any atom is -0.323 e. The second-order valence-electron chi connectivity index (χ2n) is 8.41. The summed E-state index contributed by atoms with van der Waals surface area (Å²) in [6, 6.07) is 31.6. The Kier molecular flexibility index (Phi) is 5.98. The Bertz CT molecular complexity index is 969. The third-order valence-electron chi connectivity index (χ3n) is 6.18. The fraction of sp³-hybridized carbons (Fsp3) is 0.214. The van der Waals surface area contributed by atoms with E-state index in [1.807, 2.05) is 6.07 Å². The van der Waals surface area contributed by atoms with Crippen molar-refractivity contribution in [3.05, 3.63) is 131 Å². The lowest BCUT2D eigenvalue weighted by Crippen LogP contribution is -2.55. The minimum absolute atomic E-state index is 0.131. The van der Waals surface area contributed by atoms with Gasteiger partial charge in [-0.05, 0) is 34.6 Å². The number of benzene rings is 3. The molecule has 2 nitrogen and oxygen atoms in total. The van der Waals surface area contributed by atoms with Crippen molar-refractivity contribution in [3.63, 3.8) is 0 Å². The zero-order chi connectivity index (χ0) is 21.0. The van der Waals surface area contributed by atoms with Crippen molar-refractivity contribution in [3.8, 4) is 0 Å². The van der Waals surface area contributed by atoms with Gasteiger partial charge in [0.05, 0.1) is 5.54 Å². The van der Waals surface area contributed by atoms with Crippen molar-refractivity contribution in [2.24, 2.45) is 11.5 Å². The number of allylic oxidation sites excluding steroid dienone is 2. The molecule has 152 valence electrons. The van der Waals surface area contributed by atoms with Crippen LogP contribution in [0.4, 0.5) is 0 Å². The van der Waals surface area contributed by atoms with Crippen LogP contribution in [0.2, 0.25) is 0 Å². The Balaban J connectivity index is 1.71. The first kappa shape index (κ1) is 20.3. The Labute approximate surface area is 179 Å². The summed E-state index contributed by atoms with van der Waals surface area (Å²) in [5.41, 5.74) is 17.9. The van der Waals surface area contributed by atoms with Crippen LogP contribution in [-0.4, -0.2) is 11.6 Å². The van der Waals surface area contributed by atoms with Crippen molar-refractivity contribution in [1.82, 2.24) is 0 Å². The average Bonchev–Trinajstić information content (AvgIpc) is 2.78. The normalized spacial score (nSPS) is 22.0. The fourth-order valence-corrected chi connectivity index (χ4v) is 4.52. The summed E-state index contributed by atoms with van der Waals surface area (Å²) in [5, 5.41) is 0. The largest absolute Gasteiger partial charge is 0.323 e. The van der Waals surface area contributed by atoms with E-state index in [-0.39, 0.29) is 12.0 Å². The highest BCUT2D eigenvalue weighted by Crippen LogP contribution is 2.38. The predicted octanol–water partition coefficient (Wildman–Crippen LogP) is 5.53. The van der Waals surface area contributed by atoms with Gasteiger partial charge in [-0.3, -0.25) is 0 Å². The lowest BCUT2D eigenvalue weighted by atomic mass is 9.73. The topological polar surface area (TPSA) is 52.0 Å². The molecule has 4 rings (SSSR count). The van der Waals surface area contributed by atoms with Gasteiger partial charge in [-0.25, -0.2) is 0 Å². The van der Waals surface area contributed by atoms with Gasteiger partial charge >= 0.3 is 0 Å². The van der Waals surface area contributed by atoms with Gasteiger partial charge in [0.1, 0.15) is 0 Å². The van der Waals surface area contributed by atoms with E-state index in [0.29, 0.717) is 5.92 Å². The molecular formula is C28H30N2. The highest BCUT2D eigenvalue weighted by Gasteiger charge is 2.35. The Morgan fingerprint density at radius 2 is 1.23 bits per heavy atom. The molecule has 3 atom stereocenters. The molecule has 0 saturated heterocycles. The molecule has 1 aliphatic rings. The summed E-state index contributed by atoms with van der Waals surface area (Å²) in [7, 11) is 0. The second kappa shape index (κ2) is 8.83. The van der Waals surface area contributed by atoms with Gasteiger partial charge in [-0.1, -0.05) is 116 Å². The molecule has 30 heavy (non-hydrogen) atoms. The third-order valence-corrected chi connectivity index (χ3v) is 6.18. The van der Waals surface area contributed by atoms with Crippen LogP contribution in [-0.2, 0) is 0 Å². The molecule has 3 aromatic carbocycles. The van der Waals surface area contributed by atoms with Crippen LogP contribution < -0.4 is 11.5 Å². The van der Waals surface area contributed by atoms with Crippen molar-refractivity contribution in [2.45, 2.75) is 36.8 Å². The molecule has 0 aromatic heterocycles. The molecular weight excluding hydrogens is 364 g/mol. The lowest BCUT2D eigenvalue weighted by molar-refractivity contribution is 0.402. The van der Waals surface area contributed by atoms with Gasteiger partial charge in [-0.15, -0.1) is 0 Å². The van der Waals surface area contributed by atoms with Crippen LogP contribution in [0, 0.1) is 0 Å². The van der Waals surface area contributed by atoms with Crippen LogP contribution in [0.3, 0.4) is 0 Å². The van der Waals surface area contributed by atoms with E-state index >= 15 is 0 Å². The van der Waals surface area contributed by atoms with E-state index in [4.69, 9.17) is 11.5 Å². The molecule has 0 amide bonds. The van der Waals surface area contributed by atoms with Crippen LogP contribution in [0.15, 0.2) is 115 Å². The van der Waals surface area contributed by atoms with Gasteiger partial charge in [0.15, 0.2) is 0 Å². The molecule has 4 N–H and O–H groups in total. The molecule has 0 heterocycles. The lowest BCUT2D eigenvalue weighted by Gasteiger charge is -2.38. The van der Waals surface area contributed by atoms with Crippen molar-refractivity contribution >= 4 is 0 Å². The summed E-state index contributed by atoms with van der Waals surface area (Å²) >= 11 is 0. The van der Waals surface area contributed by atoms with Gasteiger partial charge < -0.3 is 11.5 Å². The van der Waals surface area contributed by atoms with Gasteiger partial charge in [-0.2, -0.15) is 0 Å². The van der Waals surface area contributed by atoms with Crippen molar-refractivity contribution in [1.29, 1.82) is 0 Å². The van der Waals surface area contributed by atoms with Crippen molar-refractivity contribution < 1.29 is 0 Å². The Hall–Kier alpha value is -2.94. The molecule has 0 fully saturated rings. The SMILES string of the molecule is CC(CC1(N)C=C(C(c2ccccc2)c2ccccc2)C=CC1N)c1ccccc1. The van der Waals surface area contributed by atoms with Gasteiger partial charge in [0.25, 0.3) is 0 Å². The summed E-state index contributed by atoms with van der Waals surface area (Å²) in [6.45, 7) is 2.23. The first-order valence-electron chi connectivity index (χ1n) is 10.7. The van der Waals surface area contributed by atoms with E-state index in [1.165, 1.54) is 22.3 Å². The van der Waals surface area contributed by atoms with Crippen molar-refractivity contribution in [2.75, 3.05) is 0 Å². The first-order chi connectivity index (χ1) is 14.6. The van der Waals surface area contributed by atoms with Crippen LogP contribution in [0.1, 0.15) is 41.9 Å². The molecule has 1 aliphatic carbocycles. The van der Waals surface area contributed by atoms with E-state index in [1.54, 1.807) is 0 Å². The van der Waals surface area contributed by atoms with Crippen LogP contribution in [0.25, 0.3) is 0 Å². The highest BCUT2D eigenvalue weighted by molar-refractivity contribution is 5.49. The summed E-state index contributed by atoms with van der Waals surface area (Å²) in [5.74, 6) is 0.448. The monoisotopic (exact) mass is 394 g/mol.